The molecule has 118 valence electrons. The first kappa shape index (κ1) is 14.9. The van der Waals surface area contributed by atoms with Gasteiger partial charge in [-0.15, -0.1) is 0 Å². The number of anilines is 1. The lowest BCUT2D eigenvalue weighted by atomic mass is 9.83. The number of nitrogens with zero attached hydrogens (tertiary/aromatic N) is 2. The monoisotopic (exact) mass is 301 g/mol. The lowest BCUT2D eigenvalue weighted by Crippen LogP contribution is -2.52. The molecule has 2 aliphatic heterocycles. The van der Waals surface area contributed by atoms with E-state index >= 15 is 0 Å². The van der Waals surface area contributed by atoms with E-state index in [-0.39, 0.29) is 17.4 Å². The zero-order valence-electron chi connectivity index (χ0n) is 13.3. The van der Waals surface area contributed by atoms with Crippen LogP contribution in [0, 0.1) is 0 Å². The molecule has 2 amide bonds. The van der Waals surface area contributed by atoms with E-state index in [2.05, 4.69) is 5.32 Å². The molecule has 2 aliphatic rings. The fraction of sp³-hybridized carbons (Fsp3) is 0.529. The number of piperidine rings is 1. The Kier molecular flexibility index (Phi) is 3.81. The Balaban J connectivity index is 1.77. The standard InChI is InChI=1S/C17H23N3O2/c1-19(2)16(22)20-11-9-17(10-12-20)8-7-15(21)13-5-3-4-6-14(13)18-17/h3-6,18H,7-12H2,1-2H3. The van der Waals surface area contributed by atoms with Gasteiger partial charge in [0.15, 0.2) is 5.78 Å². The molecule has 0 atom stereocenters. The van der Waals surface area contributed by atoms with Gasteiger partial charge in [0.05, 0.1) is 0 Å². The van der Waals surface area contributed by atoms with Crippen molar-refractivity contribution < 1.29 is 9.59 Å². The lowest BCUT2D eigenvalue weighted by Gasteiger charge is -2.43. The molecule has 22 heavy (non-hydrogen) atoms. The number of nitrogens with one attached hydrogen (secondary N) is 1. The Hall–Kier alpha value is -2.04. The van der Waals surface area contributed by atoms with Gasteiger partial charge in [-0.1, -0.05) is 12.1 Å². The molecule has 1 spiro atoms. The summed E-state index contributed by atoms with van der Waals surface area (Å²) >= 11 is 0. The Labute approximate surface area is 131 Å². The number of urea groups is 1. The van der Waals surface area contributed by atoms with Crippen LogP contribution >= 0.6 is 0 Å². The summed E-state index contributed by atoms with van der Waals surface area (Å²) in [5.74, 6) is 0.215. The first-order valence-electron chi connectivity index (χ1n) is 7.87. The molecule has 1 aromatic rings. The van der Waals surface area contributed by atoms with E-state index in [1.54, 1.807) is 19.0 Å². The molecule has 0 aromatic heterocycles. The van der Waals surface area contributed by atoms with Gasteiger partial charge in [0.2, 0.25) is 0 Å². The minimum atomic E-state index is -0.0641. The van der Waals surface area contributed by atoms with E-state index in [0.29, 0.717) is 6.42 Å². The Morgan fingerprint density at radius 1 is 1.18 bits per heavy atom. The molecule has 2 heterocycles. The van der Waals surface area contributed by atoms with Crippen LogP contribution in [0.1, 0.15) is 36.0 Å². The summed E-state index contributed by atoms with van der Waals surface area (Å²) in [6, 6.07) is 7.82. The molecule has 1 N–H and O–H groups in total. The molecule has 3 rings (SSSR count). The molecule has 0 radical (unpaired) electrons. The van der Waals surface area contributed by atoms with Crippen LogP contribution in [-0.2, 0) is 0 Å². The minimum Gasteiger partial charge on any atom is -0.379 e. The molecule has 1 saturated heterocycles. The molecule has 0 bridgehead atoms. The van der Waals surface area contributed by atoms with Crippen LogP contribution in [0.2, 0.25) is 0 Å². The van der Waals surface area contributed by atoms with Crippen molar-refractivity contribution in [3.8, 4) is 0 Å². The van der Waals surface area contributed by atoms with Crippen LogP contribution in [0.25, 0.3) is 0 Å². The quantitative estimate of drug-likeness (QED) is 0.801. The zero-order valence-corrected chi connectivity index (χ0v) is 13.3. The van der Waals surface area contributed by atoms with Crippen LogP contribution in [0.4, 0.5) is 10.5 Å². The molecule has 1 aromatic carbocycles. The number of likely N-dealkylation sites (tertiary alicyclic amines) is 1. The van der Waals surface area contributed by atoms with Gasteiger partial charge in [-0.25, -0.2) is 4.79 Å². The van der Waals surface area contributed by atoms with E-state index in [1.807, 2.05) is 29.2 Å². The second-order valence-electron chi connectivity index (χ2n) is 6.54. The van der Waals surface area contributed by atoms with Crippen molar-refractivity contribution in [3.63, 3.8) is 0 Å². The number of fused-ring (bicyclic) bond motifs is 1. The third kappa shape index (κ3) is 2.67. The first-order chi connectivity index (χ1) is 10.5. The Bertz CT molecular complexity index is 589. The summed E-state index contributed by atoms with van der Waals surface area (Å²) in [6.45, 7) is 1.47. The number of rotatable bonds is 0. The van der Waals surface area contributed by atoms with Gasteiger partial charge in [0, 0.05) is 50.4 Å². The smallest absolute Gasteiger partial charge is 0.319 e. The molecule has 5 nitrogen and oxygen atoms in total. The van der Waals surface area contributed by atoms with Gasteiger partial charge in [0.1, 0.15) is 0 Å². The van der Waals surface area contributed by atoms with Crippen LogP contribution in [0.3, 0.4) is 0 Å². The number of hydrogen-bond acceptors (Lipinski definition) is 3. The summed E-state index contributed by atoms with van der Waals surface area (Å²) < 4.78 is 0. The largest absolute Gasteiger partial charge is 0.379 e. The Morgan fingerprint density at radius 3 is 2.55 bits per heavy atom. The number of ketones is 1. The molecule has 1 fully saturated rings. The fourth-order valence-corrected chi connectivity index (χ4v) is 3.45. The summed E-state index contributed by atoms with van der Waals surface area (Å²) in [6.07, 6.45) is 3.18. The van der Waals surface area contributed by atoms with Gasteiger partial charge in [-0.05, 0) is 31.4 Å². The number of Topliss-reactive ketones (excluding diaryl/α,β-unsaturated/α-hetero) is 1. The number of para-hydroxylation sites is 1. The summed E-state index contributed by atoms with van der Waals surface area (Å²) in [4.78, 5) is 27.9. The van der Waals surface area contributed by atoms with E-state index in [4.69, 9.17) is 0 Å². The molecular weight excluding hydrogens is 278 g/mol. The topological polar surface area (TPSA) is 52.7 Å². The average molecular weight is 301 g/mol. The van der Waals surface area contributed by atoms with E-state index < -0.39 is 0 Å². The second kappa shape index (κ2) is 5.63. The van der Waals surface area contributed by atoms with E-state index in [1.165, 1.54) is 0 Å². The third-order valence-corrected chi connectivity index (χ3v) is 4.83. The van der Waals surface area contributed by atoms with Gasteiger partial charge in [-0.2, -0.15) is 0 Å². The van der Waals surface area contributed by atoms with Crippen molar-refractivity contribution in [1.29, 1.82) is 0 Å². The maximum absolute atomic E-state index is 12.3. The zero-order chi connectivity index (χ0) is 15.7. The van der Waals surface area contributed by atoms with Crippen molar-refractivity contribution in [1.82, 2.24) is 9.80 Å². The van der Waals surface area contributed by atoms with Gasteiger partial charge in [0.25, 0.3) is 0 Å². The van der Waals surface area contributed by atoms with Crippen LogP contribution in [0.5, 0.6) is 0 Å². The van der Waals surface area contributed by atoms with Gasteiger partial charge in [-0.3, -0.25) is 4.79 Å². The first-order valence-corrected chi connectivity index (χ1v) is 7.87. The van der Waals surface area contributed by atoms with Crippen molar-refractivity contribution in [3.05, 3.63) is 29.8 Å². The highest BCUT2D eigenvalue weighted by Gasteiger charge is 2.38. The molecule has 0 saturated carbocycles. The average Bonchev–Trinajstić information content (AvgIpc) is 2.65. The van der Waals surface area contributed by atoms with Crippen molar-refractivity contribution in [2.24, 2.45) is 0 Å². The predicted octanol–water partition coefficient (Wildman–Crippen LogP) is 2.59. The third-order valence-electron chi connectivity index (χ3n) is 4.83. The molecular formula is C17H23N3O2. The van der Waals surface area contributed by atoms with Crippen molar-refractivity contribution in [2.75, 3.05) is 32.5 Å². The number of carbonyl (C=O) groups is 2. The van der Waals surface area contributed by atoms with Gasteiger partial charge < -0.3 is 15.1 Å². The fourth-order valence-electron chi connectivity index (χ4n) is 3.45. The molecule has 0 aliphatic carbocycles. The highest BCUT2D eigenvalue weighted by atomic mass is 16.2. The van der Waals surface area contributed by atoms with Crippen molar-refractivity contribution in [2.45, 2.75) is 31.2 Å². The Morgan fingerprint density at radius 2 is 1.86 bits per heavy atom. The van der Waals surface area contributed by atoms with Crippen LogP contribution < -0.4 is 5.32 Å². The summed E-state index contributed by atoms with van der Waals surface area (Å²) in [5.41, 5.74) is 1.68. The minimum absolute atomic E-state index is 0.0641. The number of hydrogen-bond donors (Lipinski definition) is 1. The highest BCUT2D eigenvalue weighted by molar-refractivity contribution is 6.02. The van der Waals surface area contributed by atoms with Crippen LogP contribution in [0.15, 0.2) is 24.3 Å². The highest BCUT2D eigenvalue weighted by Crippen LogP contribution is 2.36. The normalized spacial score (nSPS) is 20.1. The summed E-state index contributed by atoms with van der Waals surface area (Å²) in [5, 5.41) is 3.62. The van der Waals surface area contributed by atoms with E-state index in [0.717, 1.165) is 43.6 Å². The maximum atomic E-state index is 12.3. The number of carbonyl (C=O) groups excluding carboxylic acids is 2. The maximum Gasteiger partial charge on any atom is 0.319 e. The van der Waals surface area contributed by atoms with Gasteiger partial charge >= 0.3 is 6.03 Å². The SMILES string of the molecule is CN(C)C(=O)N1CCC2(CCC(=O)c3ccccc3N2)CC1. The summed E-state index contributed by atoms with van der Waals surface area (Å²) in [7, 11) is 3.57. The van der Waals surface area contributed by atoms with Crippen LogP contribution in [-0.4, -0.2) is 54.3 Å². The molecule has 0 unspecified atom stereocenters. The van der Waals surface area contributed by atoms with E-state index in [9.17, 15) is 9.59 Å². The number of benzene rings is 1. The lowest BCUT2D eigenvalue weighted by molar-refractivity contribution is 0.0964. The second-order valence-corrected chi connectivity index (χ2v) is 6.54. The van der Waals surface area contributed by atoms with Crippen molar-refractivity contribution >= 4 is 17.5 Å². The predicted molar refractivity (Wildman–Crippen MR) is 86.3 cm³/mol. The number of amides is 2. The molecule has 5 heteroatoms.